The zero-order chi connectivity index (χ0) is 12.1. The van der Waals surface area contributed by atoms with Gasteiger partial charge in [0.25, 0.3) is 0 Å². The molecule has 0 aromatic carbocycles. The van der Waals surface area contributed by atoms with E-state index < -0.39 is 13.3 Å². The van der Waals surface area contributed by atoms with Gasteiger partial charge in [-0.25, -0.2) is 0 Å². The highest BCUT2D eigenvalue weighted by atomic mass is 31.2. The number of hydrogen-bond acceptors (Lipinski definition) is 4. The summed E-state index contributed by atoms with van der Waals surface area (Å²) in [5, 5.41) is 0. The predicted molar refractivity (Wildman–Crippen MR) is 59.0 cm³/mol. The molecule has 0 aliphatic carbocycles. The van der Waals surface area contributed by atoms with Gasteiger partial charge in [0.1, 0.15) is 5.66 Å². The maximum Gasteiger partial charge on any atom is 0.342 e. The topological polar surface area (TPSA) is 55.8 Å². The second kappa shape index (κ2) is 6.26. The van der Waals surface area contributed by atoms with Gasteiger partial charge in [0.2, 0.25) is 5.91 Å². The summed E-state index contributed by atoms with van der Waals surface area (Å²) in [7, 11) is -0.0873. The molecule has 0 rings (SSSR count). The van der Waals surface area contributed by atoms with Gasteiger partial charge >= 0.3 is 7.60 Å². The Balaban J connectivity index is 4.76. The van der Waals surface area contributed by atoms with E-state index in [1.807, 2.05) is 0 Å². The molecule has 0 saturated heterocycles. The van der Waals surface area contributed by atoms with Gasteiger partial charge in [-0.2, -0.15) is 0 Å². The molecule has 0 bridgehead atoms. The Hall–Kier alpha value is -0.380. The van der Waals surface area contributed by atoms with Crippen molar-refractivity contribution in [1.82, 2.24) is 4.90 Å². The normalized spacial score (nSPS) is 13.7. The number of rotatable bonds is 6. The molecule has 1 atom stereocenters. The van der Waals surface area contributed by atoms with Crippen molar-refractivity contribution >= 4 is 13.5 Å². The first-order valence-corrected chi connectivity index (χ1v) is 6.60. The molecule has 0 aliphatic rings. The average Bonchev–Trinajstić information content (AvgIpc) is 2.16. The number of hydrogen-bond donors (Lipinski definition) is 0. The second-order valence-corrected chi connectivity index (χ2v) is 5.65. The Morgan fingerprint density at radius 2 is 1.67 bits per heavy atom. The Bertz CT molecular complexity index is 244. The lowest BCUT2D eigenvalue weighted by atomic mass is 10.4. The van der Waals surface area contributed by atoms with Gasteiger partial charge in [0, 0.05) is 14.1 Å². The van der Waals surface area contributed by atoms with Crippen LogP contribution in [0.3, 0.4) is 0 Å². The van der Waals surface area contributed by atoms with Crippen LogP contribution < -0.4 is 0 Å². The van der Waals surface area contributed by atoms with Crippen LogP contribution in [0.15, 0.2) is 0 Å². The lowest BCUT2D eigenvalue weighted by Gasteiger charge is -2.24. The van der Waals surface area contributed by atoms with Crippen molar-refractivity contribution in [3.63, 3.8) is 0 Å². The molecule has 90 valence electrons. The van der Waals surface area contributed by atoms with Crippen LogP contribution in [0.2, 0.25) is 0 Å². The van der Waals surface area contributed by atoms with Gasteiger partial charge in [-0.1, -0.05) is 0 Å². The fraction of sp³-hybridized carbons (Fsp3) is 0.889. The van der Waals surface area contributed by atoms with Gasteiger partial charge in [0.15, 0.2) is 0 Å². The van der Waals surface area contributed by atoms with E-state index in [9.17, 15) is 9.36 Å². The molecule has 0 aliphatic heterocycles. The highest BCUT2D eigenvalue weighted by molar-refractivity contribution is 7.55. The predicted octanol–water partition coefficient (Wildman–Crippen LogP) is 1.73. The van der Waals surface area contributed by atoms with Crippen LogP contribution >= 0.6 is 7.60 Å². The Morgan fingerprint density at radius 1 is 1.27 bits per heavy atom. The fourth-order valence-electron chi connectivity index (χ4n) is 1.13. The largest absolute Gasteiger partial charge is 0.348 e. The lowest BCUT2D eigenvalue weighted by molar-refractivity contribution is -0.128. The molecule has 0 N–H and O–H groups in total. The minimum absolute atomic E-state index is 0.250. The van der Waals surface area contributed by atoms with E-state index in [0.29, 0.717) is 0 Å². The molecule has 0 spiro atoms. The third-order valence-electron chi connectivity index (χ3n) is 1.89. The molecule has 1 amide bonds. The molecule has 0 aromatic rings. The van der Waals surface area contributed by atoms with Crippen LogP contribution in [0, 0.1) is 0 Å². The van der Waals surface area contributed by atoms with E-state index in [1.165, 1.54) is 4.90 Å². The van der Waals surface area contributed by atoms with Crippen LogP contribution in [-0.2, 0) is 18.4 Å². The van der Waals surface area contributed by atoms with Crippen molar-refractivity contribution in [2.45, 2.75) is 26.4 Å². The Kier molecular flexibility index (Phi) is 6.10. The van der Waals surface area contributed by atoms with Crippen LogP contribution in [0.5, 0.6) is 0 Å². The number of nitrogens with zero attached hydrogens (tertiary/aromatic N) is 1. The lowest BCUT2D eigenvalue weighted by Crippen LogP contribution is -2.32. The Morgan fingerprint density at radius 3 is 1.93 bits per heavy atom. The SMILES string of the molecule is CCOP(=O)(OCC)C(C)C(=O)N(C)C. The summed E-state index contributed by atoms with van der Waals surface area (Å²) in [5.74, 6) is -0.250. The van der Waals surface area contributed by atoms with Gasteiger partial charge in [-0.05, 0) is 20.8 Å². The number of amides is 1. The molecule has 0 radical (unpaired) electrons. The van der Waals surface area contributed by atoms with Crippen molar-refractivity contribution < 1.29 is 18.4 Å². The van der Waals surface area contributed by atoms with E-state index in [4.69, 9.17) is 9.05 Å². The smallest absolute Gasteiger partial charge is 0.342 e. The maximum absolute atomic E-state index is 12.2. The highest BCUT2D eigenvalue weighted by Crippen LogP contribution is 2.53. The Labute approximate surface area is 91.3 Å². The second-order valence-electron chi connectivity index (χ2n) is 3.28. The third kappa shape index (κ3) is 3.93. The monoisotopic (exact) mass is 237 g/mol. The molecule has 0 aromatic heterocycles. The summed E-state index contributed by atoms with van der Waals surface area (Å²) in [6.45, 7) is 5.54. The molecule has 0 fully saturated rings. The summed E-state index contributed by atoms with van der Waals surface area (Å²) >= 11 is 0. The zero-order valence-corrected chi connectivity index (χ0v) is 10.9. The van der Waals surface area contributed by atoms with Crippen LogP contribution in [0.25, 0.3) is 0 Å². The van der Waals surface area contributed by atoms with E-state index in [1.54, 1.807) is 34.9 Å². The molecule has 0 heterocycles. The van der Waals surface area contributed by atoms with E-state index in [-0.39, 0.29) is 19.1 Å². The maximum atomic E-state index is 12.2. The van der Waals surface area contributed by atoms with Gasteiger partial charge in [-0.15, -0.1) is 0 Å². The first-order valence-electron chi connectivity index (χ1n) is 4.99. The minimum Gasteiger partial charge on any atom is -0.348 e. The fourth-order valence-corrected chi connectivity index (χ4v) is 2.87. The summed E-state index contributed by atoms with van der Waals surface area (Å²) in [5.41, 5.74) is -0.757. The highest BCUT2D eigenvalue weighted by Gasteiger charge is 2.37. The molecule has 1 unspecified atom stereocenters. The van der Waals surface area contributed by atoms with Gasteiger partial charge in [-0.3, -0.25) is 9.36 Å². The van der Waals surface area contributed by atoms with Crippen molar-refractivity contribution in [2.75, 3.05) is 27.3 Å². The van der Waals surface area contributed by atoms with Crippen LogP contribution in [0.1, 0.15) is 20.8 Å². The first-order chi connectivity index (χ1) is 6.89. The van der Waals surface area contributed by atoms with E-state index in [2.05, 4.69) is 0 Å². The standard InChI is InChI=1S/C9H20NO4P/c1-6-13-15(12,14-7-2)8(3)9(11)10(4)5/h8H,6-7H2,1-5H3. The molecule has 6 heteroatoms. The molecule has 0 saturated carbocycles. The molecule has 5 nitrogen and oxygen atoms in total. The molecule has 15 heavy (non-hydrogen) atoms. The zero-order valence-electron chi connectivity index (χ0n) is 10.0. The van der Waals surface area contributed by atoms with Crippen molar-refractivity contribution in [2.24, 2.45) is 0 Å². The van der Waals surface area contributed by atoms with Crippen molar-refractivity contribution in [3.05, 3.63) is 0 Å². The minimum atomic E-state index is -3.31. The quantitative estimate of drug-likeness (QED) is 0.660. The summed E-state index contributed by atoms with van der Waals surface area (Å²) in [4.78, 5) is 13.0. The van der Waals surface area contributed by atoms with Gasteiger partial charge in [0.05, 0.1) is 13.2 Å². The molecular formula is C9H20NO4P. The summed E-state index contributed by atoms with van der Waals surface area (Å²) in [6, 6.07) is 0. The van der Waals surface area contributed by atoms with E-state index in [0.717, 1.165) is 0 Å². The van der Waals surface area contributed by atoms with Crippen molar-refractivity contribution in [3.8, 4) is 0 Å². The summed E-state index contributed by atoms with van der Waals surface area (Å²) in [6.07, 6.45) is 0. The van der Waals surface area contributed by atoms with Crippen LogP contribution in [0.4, 0.5) is 0 Å². The summed E-state index contributed by atoms with van der Waals surface area (Å²) < 4.78 is 22.3. The van der Waals surface area contributed by atoms with Crippen molar-refractivity contribution in [1.29, 1.82) is 0 Å². The van der Waals surface area contributed by atoms with Gasteiger partial charge < -0.3 is 13.9 Å². The molecular weight excluding hydrogens is 217 g/mol. The average molecular weight is 237 g/mol. The number of carbonyl (C=O) groups is 1. The first kappa shape index (κ1) is 14.6. The van der Waals surface area contributed by atoms with Crippen LogP contribution in [-0.4, -0.2) is 43.8 Å². The van der Waals surface area contributed by atoms with E-state index >= 15 is 0 Å². The number of carbonyl (C=O) groups excluding carboxylic acids is 1. The third-order valence-corrected chi connectivity index (χ3v) is 4.30.